The first-order chi connectivity index (χ1) is 21.9. The van der Waals surface area contributed by atoms with Crippen molar-refractivity contribution in [3.63, 3.8) is 0 Å². The molecule has 0 saturated carbocycles. The molecule has 3 rings (SSSR count). The molecule has 0 unspecified atom stereocenters. The third-order valence-corrected chi connectivity index (χ3v) is 7.64. The van der Waals surface area contributed by atoms with E-state index in [2.05, 4.69) is 6.92 Å². The molecule has 0 aromatic heterocycles. The van der Waals surface area contributed by atoms with E-state index in [0.29, 0.717) is 31.7 Å². The molecule has 8 nitrogen and oxygen atoms in total. The molecular weight excluding hydrogens is 570 g/mol. The summed E-state index contributed by atoms with van der Waals surface area (Å²) >= 11 is 0. The molecule has 242 valence electrons. The number of amides is 1. The summed E-state index contributed by atoms with van der Waals surface area (Å²) in [6, 6.07) is 20.3. The predicted molar refractivity (Wildman–Crippen MR) is 177 cm³/mol. The Labute approximate surface area is 267 Å². The van der Waals surface area contributed by atoms with Crippen LogP contribution in [-0.2, 0) is 11.3 Å². The number of benzene rings is 3. The molecule has 0 heterocycles. The number of aromatic carboxylic acids is 2. The van der Waals surface area contributed by atoms with Crippen molar-refractivity contribution in [3.8, 4) is 11.5 Å². The van der Waals surface area contributed by atoms with Crippen LogP contribution in [0.4, 0.5) is 5.69 Å². The van der Waals surface area contributed by atoms with E-state index in [9.17, 15) is 24.6 Å². The van der Waals surface area contributed by atoms with Gasteiger partial charge >= 0.3 is 11.9 Å². The van der Waals surface area contributed by atoms with Crippen LogP contribution in [0.25, 0.3) is 0 Å². The Morgan fingerprint density at radius 1 is 0.622 bits per heavy atom. The highest BCUT2D eigenvalue weighted by Crippen LogP contribution is 2.22. The number of hydrogen-bond donors (Lipinski definition) is 2. The van der Waals surface area contributed by atoms with E-state index in [4.69, 9.17) is 9.47 Å². The Morgan fingerprint density at radius 2 is 1.11 bits per heavy atom. The summed E-state index contributed by atoms with van der Waals surface area (Å²) in [4.78, 5) is 37.4. The first-order valence-corrected chi connectivity index (χ1v) is 16.2. The molecule has 0 spiro atoms. The largest absolute Gasteiger partial charge is 0.493 e. The van der Waals surface area contributed by atoms with Crippen LogP contribution in [0.2, 0.25) is 0 Å². The van der Waals surface area contributed by atoms with Gasteiger partial charge in [-0.15, -0.1) is 0 Å². The molecular formula is C37H47NO7. The average Bonchev–Trinajstić information content (AvgIpc) is 3.04. The number of anilines is 1. The Hall–Kier alpha value is -4.33. The zero-order chi connectivity index (χ0) is 32.3. The fourth-order valence-corrected chi connectivity index (χ4v) is 5.00. The number of hydrogen-bond acceptors (Lipinski definition) is 5. The van der Waals surface area contributed by atoms with Gasteiger partial charge in [0.15, 0.2) is 0 Å². The van der Waals surface area contributed by atoms with E-state index in [1.165, 1.54) is 69.2 Å². The molecule has 3 aromatic rings. The number of unbranched alkanes of at least 4 members (excludes halogenated alkanes) is 9. The summed E-state index contributed by atoms with van der Waals surface area (Å²) in [6.45, 7) is 3.72. The average molecular weight is 618 g/mol. The summed E-state index contributed by atoms with van der Waals surface area (Å²) < 4.78 is 11.9. The highest BCUT2D eigenvalue weighted by atomic mass is 16.5. The maximum absolute atomic E-state index is 13.3. The van der Waals surface area contributed by atoms with Crippen molar-refractivity contribution >= 4 is 23.5 Å². The summed E-state index contributed by atoms with van der Waals surface area (Å²) in [5.41, 5.74) is 1.66. The van der Waals surface area contributed by atoms with Crippen LogP contribution in [-0.4, -0.2) is 41.3 Å². The Bertz CT molecular complexity index is 1320. The predicted octanol–water partition coefficient (Wildman–Crippen LogP) is 8.78. The summed E-state index contributed by atoms with van der Waals surface area (Å²) in [7, 11) is 0. The fourth-order valence-electron chi connectivity index (χ4n) is 5.00. The van der Waals surface area contributed by atoms with Gasteiger partial charge in [0.2, 0.25) is 5.91 Å². The first kappa shape index (κ1) is 35.2. The molecule has 8 heteroatoms. The zero-order valence-corrected chi connectivity index (χ0v) is 26.4. The Morgan fingerprint density at radius 3 is 1.64 bits per heavy atom. The fraction of sp³-hybridized carbons (Fsp3) is 0.432. The molecule has 0 aliphatic carbocycles. The van der Waals surface area contributed by atoms with Crippen LogP contribution in [0.5, 0.6) is 11.5 Å². The number of rotatable bonds is 22. The number of carbonyl (C=O) groups is 3. The topological polar surface area (TPSA) is 113 Å². The summed E-state index contributed by atoms with van der Waals surface area (Å²) in [5, 5.41) is 18.4. The molecule has 45 heavy (non-hydrogen) atoms. The van der Waals surface area contributed by atoms with Crippen LogP contribution in [0.1, 0.15) is 110 Å². The van der Waals surface area contributed by atoms with Crippen LogP contribution in [0, 0.1) is 0 Å². The van der Waals surface area contributed by atoms with Gasteiger partial charge in [0.25, 0.3) is 0 Å². The molecule has 1 amide bonds. The van der Waals surface area contributed by atoms with Crippen molar-refractivity contribution < 1.29 is 34.1 Å². The SMILES string of the molecule is CCCCCCCCCCOc1cccc(OCCCCCC(=O)N(Cc2ccc(C(=O)O)cc2)c2ccc(C(=O)O)cc2)c1. The molecule has 2 N–H and O–H groups in total. The molecule has 3 aromatic carbocycles. The van der Waals surface area contributed by atoms with E-state index in [1.807, 2.05) is 24.3 Å². The first-order valence-electron chi connectivity index (χ1n) is 16.2. The summed E-state index contributed by atoms with van der Waals surface area (Å²) in [6.07, 6.45) is 12.7. The maximum Gasteiger partial charge on any atom is 0.335 e. The highest BCUT2D eigenvalue weighted by molar-refractivity contribution is 5.94. The van der Waals surface area contributed by atoms with E-state index in [1.54, 1.807) is 29.2 Å². The quantitative estimate of drug-likeness (QED) is 0.108. The summed E-state index contributed by atoms with van der Waals surface area (Å²) in [5.74, 6) is -0.566. The van der Waals surface area contributed by atoms with Gasteiger partial charge in [-0.2, -0.15) is 0 Å². The van der Waals surface area contributed by atoms with Crippen molar-refractivity contribution in [3.05, 3.63) is 89.5 Å². The number of ether oxygens (including phenoxy) is 2. The van der Waals surface area contributed by atoms with Crippen LogP contribution < -0.4 is 14.4 Å². The lowest BCUT2D eigenvalue weighted by Gasteiger charge is -2.23. The molecule has 0 saturated heterocycles. The smallest absolute Gasteiger partial charge is 0.335 e. The Kier molecular flexibility index (Phi) is 15.5. The van der Waals surface area contributed by atoms with Crippen molar-refractivity contribution in [2.24, 2.45) is 0 Å². The van der Waals surface area contributed by atoms with E-state index >= 15 is 0 Å². The normalized spacial score (nSPS) is 10.8. The maximum atomic E-state index is 13.3. The van der Waals surface area contributed by atoms with Crippen molar-refractivity contribution in [2.45, 2.75) is 90.5 Å². The molecule has 0 aliphatic rings. The molecule has 0 fully saturated rings. The van der Waals surface area contributed by atoms with Crippen LogP contribution in [0.3, 0.4) is 0 Å². The molecule has 0 bridgehead atoms. The van der Waals surface area contributed by atoms with Crippen LogP contribution >= 0.6 is 0 Å². The third kappa shape index (κ3) is 13.1. The van der Waals surface area contributed by atoms with Crippen molar-refractivity contribution in [1.29, 1.82) is 0 Å². The van der Waals surface area contributed by atoms with E-state index in [-0.39, 0.29) is 23.6 Å². The molecule has 0 aliphatic heterocycles. The lowest BCUT2D eigenvalue weighted by Crippen LogP contribution is -2.30. The number of carboxylic acids is 2. The van der Waals surface area contributed by atoms with Gasteiger partial charge in [0, 0.05) is 18.2 Å². The minimum absolute atomic E-state index is 0.0948. The molecule has 0 radical (unpaired) electrons. The Balaban J connectivity index is 1.41. The lowest BCUT2D eigenvalue weighted by atomic mass is 10.1. The zero-order valence-electron chi connectivity index (χ0n) is 26.4. The van der Waals surface area contributed by atoms with Crippen LogP contribution in [0.15, 0.2) is 72.8 Å². The number of nitrogens with zero attached hydrogens (tertiary/aromatic N) is 1. The van der Waals surface area contributed by atoms with Gasteiger partial charge in [-0.3, -0.25) is 4.79 Å². The van der Waals surface area contributed by atoms with Crippen molar-refractivity contribution in [2.75, 3.05) is 18.1 Å². The third-order valence-electron chi connectivity index (χ3n) is 7.64. The second kappa shape index (κ2) is 19.8. The van der Waals surface area contributed by atoms with Gasteiger partial charge < -0.3 is 24.6 Å². The van der Waals surface area contributed by atoms with Gasteiger partial charge in [-0.25, -0.2) is 9.59 Å². The van der Waals surface area contributed by atoms with Gasteiger partial charge in [0.05, 0.1) is 30.9 Å². The van der Waals surface area contributed by atoms with Gasteiger partial charge in [-0.05, 0) is 79.8 Å². The minimum atomic E-state index is -1.04. The molecule has 0 atom stereocenters. The van der Waals surface area contributed by atoms with Gasteiger partial charge in [-0.1, -0.05) is 70.1 Å². The second-order valence-corrected chi connectivity index (χ2v) is 11.3. The van der Waals surface area contributed by atoms with E-state index in [0.717, 1.165) is 36.3 Å². The van der Waals surface area contributed by atoms with Gasteiger partial charge in [0.1, 0.15) is 11.5 Å². The standard InChI is InChI=1S/C37H47NO7/c1-2-3-4-5-6-7-8-11-25-44-33-14-13-15-34(27-33)45-26-12-9-10-16-35(39)38(32-23-21-31(22-24-32)37(42)43)28-29-17-19-30(20-18-29)36(40)41/h13-15,17-24,27H,2-12,16,25-26,28H2,1H3,(H,40,41)(H,42,43). The number of carboxylic acid groups (broad SMARTS) is 2. The monoisotopic (exact) mass is 617 g/mol. The highest BCUT2D eigenvalue weighted by Gasteiger charge is 2.17. The lowest BCUT2D eigenvalue weighted by molar-refractivity contribution is -0.118. The van der Waals surface area contributed by atoms with Crippen molar-refractivity contribution in [1.82, 2.24) is 0 Å². The minimum Gasteiger partial charge on any atom is -0.493 e. The van der Waals surface area contributed by atoms with E-state index < -0.39 is 11.9 Å². The second-order valence-electron chi connectivity index (χ2n) is 11.3. The number of carbonyl (C=O) groups excluding carboxylic acids is 1.